The number of ether oxygens (including phenoxy) is 2. The van der Waals surface area contributed by atoms with E-state index in [0.29, 0.717) is 12.3 Å². The summed E-state index contributed by atoms with van der Waals surface area (Å²) in [6, 6.07) is -19.6. The molecule has 0 aromatic heterocycles. The van der Waals surface area contributed by atoms with Crippen LogP contribution >= 0.6 is 0 Å². The number of carbonyl (C=O) groups excluding carboxylic acids is 12. The van der Waals surface area contributed by atoms with Crippen LogP contribution in [0.4, 0.5) is 0 Å². The van der Waals surface area contributed by atoms with E-state index in [1.165, 1.54) is 40.7 Å². The molecular weight excluding hydrogens is 1340 g/mol. The summed E-state index contributed by atoms with van der Waals surface area (Å²) < 4.78 is 10.2. The van der Waals surface area contributed by atoms with Crippen LogP contribution in [0, 0.1) is 35.5 Å². The van der Waals surface area contributed by atoms with Gasteiger partial charge in [-0.1, -0.05) is 73.1 Å². The second-order valence-electron chi connectivity index (χ2n) is 26.1. The van der Waals surface area contributed by atoms with Crippen molar-refractivity contribution in [1.29, 1.82) is 0 Å². The van der Waals surface area contributed by atoms with E-state index in [-0.39, 0.29) is 38.8 Å². The second-order valence-corrected chi connectivity index (χ2v) is 26.1. The Hall–Kier alpha value is -9.24. The summed E-state index contributed by atoms with van der Waals surface area (Å²) in [5.41, 5.74) is 5.71. The molecule has 11 amide bonds. The van der Waals surface area contributed by atoms with Crippen LogP contribution in [-0.4, -0.2) is 257 Å². The van der Waals surface area contributed by atoms with Crippen LogP contribution < -0.4 is 58.9 Å². The molecule has 101 heavy (non-hydrogen) atoms. The number of esters is 1. The number of carbonyl (C=O) groups is 16. The van der Waals surface area contributed by atoms with Gasteiger partial charge in [-0.15, -0.1) is 0 Å². The first-order valence-electron chi connectivity index (χ1n) is 33.0. The highest BCUT2D eigenvalue weighted by molar-refractivity contribution is 6.02. The molecule has 3 heterocycles. The van der Waals surface area contributed by atoms with Crippen molar-refractivity contribution in [2.24, 2.45) is 41.2 Å². The van der Waals surface area contributed by atoms with E-state index in [2.05, 4.69) is 44.1 Å². The SMILES string of the molecule is CCC(C)CC/C=C\C=C\C(=O)N[C@H](C(=O)N[C@@H]1C(=O)N[C@H](C(C)C)C(=O)N[C@@H](CCCCN)C(=O)N[C@@H](C(O)C(=O)O)C(=O)N[C@@H](CC(=O)O)C(=O)NCC(=O)N[C@H](C(C)C(=O)OC2OC(C(=O)O)C(O)C(O)C2O)C(=O)N[C@@H](C(C)C)C(=O)N2C[C@H](C)C[C@H]2C(=O)NC1C)C(C)C(=O)O. The van der Waals surface area contributed by atoms with E-state index in [9.17, 15) is 118 Å². The molecule has 0 radical (unpaired) electrons. The Morgan fingerprint density at radius 3 is 1.85 bits per heavy atom. The highest BCUT2D eigenvalue weighted by atomic mass is 16.7. The van der Waals surface area contributed by atoms with Crippen LogP contribution in [0.15, 0.2) is 24.3 Å². The molecule has 38 nitrogen and oxygen atoms in total. The van der Waals surface area contributed by atoms with E-state index in [1.807, 2.05) is 22.9 Å². The zero-order valence-corrected chi connectivity index (χ0v) is 57.7. The summed E-state index contributed by atoms with van der Waals surface area (Å²) >= 11 is 0. The van der Waals surface area contributed by atoms with Gasteiger partial charge in [0.15, 0.2) is 12.2 Å². The normalized spacial score (nSPS) is 28.9. The fraction of sp³-hybridized carbons (Fsp3) is 0.683. The van der Waals surface area contributed by atoms with E-state index in [0.717, 1.165) is 37.7 Å². The number of carboxylic acid groups (broad SMARTS) is 4. The van der Waals surface area contributed by atoms with Crippen molar-refractivity contribution in [2.45, 2.75) is 218 Å². The molecule has 0 aliphatic carbocycles. The molecule has 3 rings (SSSR count). The number of rotatable bonds is 25. The summed E-state index contributed by atoms with van der Waals surface area (Å²) in [7, 11) is 0. The molecule has 3 aliphatic heterocycles. The van der Waals surface area contributed by atoms with Gasteiger partial charge in [-0.25, -0.2) is 9.59 Å². The van der Waals surface area contributed by atoms with Crippen LogP contribution in [0.1, 0.15) is 121 Å². The molecule has 20 atom stereocenters. The van der Waals surface area contributed by atoms with Gasteiger partial charge in [-0.3, -0.25) is 67.1 Å². The number of aliphatic carboxylic acids is 4. The van der Waals surface area contributed by atoms with Gasteiger partial charge in [-0.05, 0) is 89.5 Å². The standard InChI is InChI=1S/C63H98N12O26/c1-11-28(6)18-14-12-13-15-20-36(76)69-41(30(8)59(93)94)54(88)73-43-32(10)66-52(86)35-22-29(7)25-75(35)58(92)40(27(4)5)72-55(89)42(31(9)62(99)101-63-48(83)46(81)47(82)49(100-63)61(97)98)70-37(77)24-65-50(84)34(23-38(78)79)68-57(91)44(45(80)60(95)96)74-51(85)33(19-16-17-21-64)67-53(87)39(26(2)3)71-56(43)90/h12-13,15,20,26-35,39-49,63,80-83H,11,14,16-19,21-25,64H2,1-10H3,(H,65,84)(H,66,86)(H,67,87)(H,68,91)(H,69,76)(H,70,77)(H,71,90)(H,72,89)(H,73,88)(H,74,85)(H,78,79)(H,93,94)(H,95,96)(H,97,98)/b13-12-,20-15+/t28?,29-,30?,31?,32?,33+,34+,35+,39-,40+,41+,42-,43+,44+,45?,46?,47?,48?,49?,63?/m1/s1. The molecule has 0 aromatic carbocycles. The number of carboxylic acids is 4. The fourth-order valence-electron chi connectivity index (χ4n) is 10.8. The monoisotopic (exact) mass is 1440 g/mol. The molecule has 0 aromatic rings. The molecule has 10 unspecified atom stereocenters. The summed E-state index contributed by atoms with van der Waals surface area (Å²) in [6.45, 7) is 13.1. The van der Waals surface area contributed by atoms with Gasteiger partial charge in [0.25, 0.3) is 0 Å². The average Bonchev–Trinajstić information content (AvgIpc) is 1.80. The van der Waals surface area contributed by atoms with Gasteiger partial charge in [0, 0.05) is 12.6 Å². The maximum absolute atomic E-state index is 15.0. The predicted octanol–water partition coefficient (Wildman–Crippen LogP) is -6.17. The zero-order valence-electron chi connectivity index (χ0n) is 57.7. The Morgan fingerprint density at radius 1 is 0.683 bits per heavy atom. The number of aliphatic hydroxyl groups excluding tert-OH is 4. The number of nitrogens with zero attached hydrogens (tertiary/aromatic N) is 1. The topological polar surface area (TPSA) is 603 Å². The first-order chi connectivity index (χ1) is 47.2. The maximum Gasteiger partial charge on any atom is 0.335 e. The lowest BCUT2D eigenvalue weighted by Crippen LogP contribution is -2.65. The molecule has 3 aliphatic rings. The Labute approximate surface area is 581 Å². The Kier molecular flexibility index (Phi) is 34.3. The lowest BCUT2D eigenvalue weighted by Gasteiger charge is -2.38. The minimum absolute atomic E-state index is 0.0175. The van der Waals surface area contributed by atoms with Crippen molar-refractivity contribution in [3.63, 3.8) is 0 Å². The number of unbranched alkanes of at least 4 members (excludes halogenated alkanes) is 1. The number of aliphatic hydroxyl groups is 4. The molecule has 20 N–H and O–H groups in total. The molecule has 38 heteroatoms. The van der Waals surface area contributed by atoms with Gasteiger partial charge in [0.1, 0.15) is 72.7 Å². The molecule has 0 spiro atoms. The third-order valence-electron chi connectivity index (χ3n) is 17.2. The van der Waals surface area contributed by atoms with Crippen molar-refractivity contribution >= 4 is 94.8 Å². The third-order valence-corrected chi connectivity index (χ3v) is 17.2. The first-order valence-corrected chi connectivity index (χ1v) is 33.0. The number of allylic oxidation sites excluding steroid dienone is 3. The first kappa shape index (κ1) is 86.0. The third kappa shape index (κ3) is 25.4. The van der Waals surface area contributed by atoms with Crippen molar-refractivity contribution in [2.75, 3.05) is 19.6 Å². The van der Waals surface area contributed by atoms with Crippen LogP contribution in [0.2, 0.25) is 0 Å². The number of amides is 11. The van der Waals surface area contributed by atoms with Crippen molar-refractivity contribution in [3.8, 4) is 0 Å². The quantitative estimate of drug-likeness (QED) is 0.0175. The lowest BCUT2D eigenvalue weighted by atomic mass is 9.97. The second kappa shape index (κ2) is 40.3. The minimum atomic E-state index is -2.91. The molecular formula is C63H98N12O26. The number of nitrogens with two attached hydrogens (primary N) is 1. The van der Waals surface area contributed by atoms with Crippen molar-refractivity contribution in [1.82, 2.24) is 58.1 Å². The van der Waals surface area contributed by atoms with Crippen LogP contribution in [-0.2, 0) is 86.2 Å². The van der Waals surface area contributed by atoms with E-state index in [1.54, 1.807) is 19.1 Å². The molecule has 3 fully saturated rings. The zero-order chi connectivity index (χ0) is 76.6. The highest BCUT2D eigenvalue weighted by Crippen LogP contribution is 2.27. The molecule has 3 saturated heterocycles. The molecule has 0 bridgehead atoms. The summed E-state index contributed by atoms with van der Waals surface area (Å²) in [5, 5.41) is 104. The summed E-state index contributed by atoms with van der Waals surface area (Å²) in [6.07, 6.45) is -8.01. The van der Waals surface area contributed by atoms with E-state index in [4.69, 9.17) is 15.2 Å². The number of fused-ring (bicyclic) bond motifs is 1. The Morgan fingerprint density at radius 2 is 1.28 bits per heavy atom. The lowest BCUT2D eigenvalue weighted by molar-refractivity contribution is -0.287. The highest BCUT2D eigenvalue weighted by Gasteiger charge is 2.51. The van der Waals surface area contributed by atoms with Gasteiger partial charge < -0.3 is 114 Å². The minimum Gasteiger partial charge on any atom is -0.481 e. The van der Waals surface area contributed by atoms with Crippen molar-refractivity contribution in [3.05, 3.63) is 24.3 Å². The molecule has 0 saturated carbocycles. The summed E-state index contributed by atoms with van der Waals surface area (Å²) in [5.74, 6) is -29.1. The van der Waals surface area contributed by atoms with Gasteiger partial charge >= 0.3 is 29.8 Å². The molecule has 566 valence electrons. The summed E-state index contributed by atoms with van der Waals surface area (Å²) in [4.78, 5) is 222. The van der Waals surface area contributed by atoms with Gasteiger partial charge in [0.05, 0.1) is 30.8 Å². The number of nitrogens with one attached hydrogen (secondary N) is 10. The van der Waals surface area contributed by atoms with E-state index >= 15 is 0 Å². The van der Waals surface area contributed by atoms with Crippen molar-refractivity contribution < 1.29 is 127 Å². The van der Waals surface area contributed by atoms with Gasteiger partial charge in [0.2, 0.25) is 71.3 Å². The smallest absolute Gasteiger partial charge is 0.335 e. The fourth-order valence-corrected chi connectivity index (χ4v) is 10.8. The van der Waals surface area contributed by atoms with Crippen LogP contribution in [0.3, 0.4) is 0 Å². The maximum atomic E-state index is 15.0. The Bertz CT molecular complexity index is 3080. The average molecular weight is 1440 g/mol. The van der Waals surface area contributed by atoms with Crippen LogP contribution in [0.5, 0.6) is 0 Å². The Balaban J connectivity index is 2.34. The van der Waals surface area contributed by atoms with Gasteiger partial charge in [-0.2, -0.15) is 0 Å². The van der Waals surface area contributed by atoms with E-state index < -0.39 is 235 Å². The predicted molar refractivity (Wildman–Crippen MR) is 347 cm³/mol. The largest absolute Gasteiger partial charge is 0.481 e. The number of hydrogen-bond donors (Lipinski definition) is 19. The van der Waals surface area contributed by atoms with Crippen LogP contribution in [0.25, 0.3) is 0 Å². The number of hydrogen-bond acceptors (Lipinski definition) is 23.